The van der Waals surface area contributed by atoms with Crippen LogP contribution in [0.4, 0.5) is 0 Å². The van der Waals surface area contributed by atoms with E-state index in [0.717, 1.165) is 5.92 Å². The normalized spacial score (nSPS) is 34.4. The second kappa shape index (κ2) is 4.17. The van der Waals surface area contributed by atoms with Crippen LogP contribution in [0, 0.1) is 5.41 Å². The smallest absolute Gasteiger partial charge is 0.0302 e. The van der Waals surface area contributed by atoms with E-state index in [9.17, 15) is 0 Å². The van der Waals surface area contributed by atoms with Crippen LogP contribution in [0.1, 0.15) is 43.6 Å². The molecule has 1 spiro atoms. The van der Waals surface area contributed by atoms with E-state index in [0.29, 0.717) is 5.41 Å². The minimum atomic E-state index is 0.610. The Morgan fingerprint density at radius 2 is 2.38 bits per heavy atom. The van der Waals surface area contributed by atoms with Gasteiger partial charge in [0.1, 0.15) is 0 Å². The van der Waals surface area contributed by atoms with Crippen molar-refractivity contribution < 1.29 is 0 Å². The van der Waals surface area contributed by atoms with Gasteiger partial charge in [-0.3, -0.25) is 4.98 Å². The molecule has 2 unspecified atom stereocenters. The van der Waals surface area contributed by atoms with Gasteiger partial charge in [0, 0.05) is 18.9 Å². The molecule has 2 aliphatic rings. The molecule has 1 N–H and O–H groups in total. The average Bonchev–Trinajstić information content (AvgIpc) is 2.75. The van der Waals surface area contributed by atoms with Crippen LogP contribution in [0.2, 0.25) is 0 Å². The third-order valence-corrected chi connectivity index (χ3v) is 4.42. The fourth-order valence-electron chi connectivity index (χ4n) is 3.53. The standard InChI is InChI=1S/C14H20N2/c1-3-13(10-15-7-1)12-4-6-14(9-12)5-2-8-16-11-14/h1,3,7,10,12,16H,2,4-6,8-9,11H2. The van der Waals surface area contributed by atoms with E-state index < -0.39 is 0 Å². The quantitative estimate of drug-likeness (QED) is 0.780. The summed E-state index contributed by atoms with van der Waals surface area (Å²) in [5.74, 6) is 0.758. The van der Waals surface area contributed by atoms with Crippen LogP contribution >= 0.6 is 0 Å². The Kier molecular flexibility index (Phi) is 2.68. The lowest BCUT2D eigenvalue weighted by atomic mass is 9.78. The lowest BCUT2D eigenvalue weighted by molar-refractivity contribution is 0.214. The number of nitrogens with one attached hydrogen (secondary N) is 1. The maximum absolute atomic E-state index is 4.25. The molecule has 1 saturated heterocycles. The van der Waals surface area contributed by atoms with Crippen LogP contribution in [0.5, 0.6) is 0 Å². The van der Waals surface area contributed by atoms with Crippen molar-refractivity contribution in [2.24, 2.45) is 5.41 Å². The SMILES string of the molecule is c1cncc(C2CCC3(CCCNC3)C2)c1. The number of hydrogen-bond donors (Lipinski definition) is 1. The maximum Gasteiger partial charge on any atom is 0.0302 e. The summed E-state index contributed by atoms with van der Waals surface area (Å²) in [5, 5.41) is 3.57. The van der Waals surface area contributed by atoms with Gasteiger partial charge in [0.05, 0.1) is 0 Å². The molecule has 1 aliphatic heterocycles. The van der Waals surface area contributed by atoms with Gasteiger partial charge < -0.3 is 5.32 Å². The molecule has 1 aromatic rings. The average molecular weight is 216 g/mol. The van der Waals surface area contributed by atoms with E-state index in [-0.39, 0.29) is 0 Å². The summed E-state index contributed by atoms with van der Waals surface area (Å²) in [6, 6.07) is 4.31. The van der Waals surface area contributed by atoms with E-state index >= 15 is 0 Å². The zero-order chi connectivity index (χ0) is 10.8. The number of rotatable bonds is 1. The molecule has 2 heterocycles. The molecular formula is C14H20N2. The van der Waals surface area contributed by atoms with Gasteiger partial charge in [0.15, 0.2) is 0 Å². The molecule has 1 aliphatic carbocycles. The first-order chi connectivity index (χ1) is 7.88. The molecule has 0 aromatic carbocycles. The largest absolute Gasteiger partial charge is 0.316 e. The molecule has 2 fully saturated rings. The van der Waals surface area contributed by atoms with Crippen LogP contribution in [0.15, 0.2) is 24.5 Å². The topological polar surface area (TPSA) is 24.9 Å². The van der Waals surface area contributed by atoms with Gasteiger partial charge in [-0.2, -0.15) is 0 Å². The number of nitrogens with zero attached hydrogens (tertiary/aromatic N) is 1. The molecule has 2 heteroatoms. The second-order valence-electron chi connectivity index (χ2n) is 5.51. The van der Waals surface area contributed by atoms with Crippen LogP contribution in [-0.4, -0.2) is 18.1 Å². The van der Waals surface area contributed by atoms with Crippen molar-refractivity contribution in [1.29, 1.82) is 0 Å². The van der Waals surface area contributed by atoms with Gasteiger partial charge >= 0.3 is 0 Å². The maximum atomic E-state index is 4.25. The van der Waals surface area contributed by atoms with Crippen LogP contribution < -0.4 is 5.32 Å². The highest BCUT2D eigenvalue weighted by Gasteiger charge is 2.40. The highest BCUT2D eigenvalue weighted by atomic mass is 14.9. The molecule has 0 amide bonds. The fourth-order valence-corrected chi connectivity index (χ4v) is 3.53. The Bertz CT molecular complexity index is 341. The summed E-state index contributed by atoms with van der Waals surface area (Å²) in [4.78, 5) is 4.25. The first-order valence-electron chi connectivity index (χ1n) is 6.49. The Balaban J connectivity index is 1.73. The number of hydrogen-bond acceptors (Lipinski definition) is 2. The van der Waals surface area contributed by atoms with E-state index in [4.69, 9.17) is 0 Å². The summed E-state index contributed by atoms with van der Waals surface area (Å²) in [5.41, 5.74) is 2.06. The third-order valence-electron chi connectivity index (χ3n) is 4.42. The van der Waals surface area contributed by atoms with Crippen molar-refractivity contribution in [3.05, 3.63) is 30.1 Å². The molecule has 16 heavy (non-hydrogen) atoms. The Morgan fingerprint density at radius 3 is 3.12 bits per heavy atom. The number of aromatic nitrogens is 1. The van der Waals surface area contributed by atoms with Gasteiger partial charge in [-0.1, -0.05) is 6.07 Å². The van der Waals surface area contributed by atoms with Crippen molar-refractivity contribution in [3.63, 3.8) is 0 Å². The molecule has 1 saturated carbocycles. The third kappa shape index (κ3) is 1.86. The zero-order valence-corrected chi connectivity index (χ0v) is 9.78. The molecule has 0 radical (unpaired) electrons. The van der Waals surface area contributed by atoms with Crippen LogP contribution in [0.3, 0.4) is 0 Å². The monoisotopic (exact) mass is 216 g/mol. The van der Waals surface area contributed by atoms with Crippen molar-refractivity contribution in [3.8, 4) is 0 Å². The summed E-state index contributed by atoms with van der Waals surface area (Å²) in [6.07, 6.45) is 10.8. The zero-order valence-electron chi connectivity index (χ0n) is 9.78. The van der Waals surface area contributed by atoms with Crippen molar-refractivity contribution in [1.82, 2.24) is 10.3 Å². The van der Waals surface area contributed by atoms with Crippen molar-refractivity contribution in [2.75, 3.05) is 13.1 Å². The van der Waals surface area contributed by atoms with E-state index in [1.54, 1.807) is 0 Å². The molecule has 2 atom stereocenters. The Labute approximate surface area is 97.5 Å². The first kappa shape index (κ1) is 10.3. The van der Waals surface area contributed by atoms with Crippen molar-refractivity contribution >= 4 is 0 Å². The van der Waals surface area contributed by atoms with Gasteiger partial charge in [-0.05, 0) is 61.6 Å². The minimum Gasteiger partial charge on any atom is -0.316 e. The van der Waals surface area contributed by atoms with Gasteiger partial charge in [0.25, 0.3) is 0 Å². The second-order valence-corrected chi connectivity index (χ2v) is 5.51. The molecule has 3 rings (SSSR count). The minimum absolute atomic E-state index is 0.610. The summed E-state index contributed by atoms with van der Waals surface area (Å²) >= 11 is 0. The summed E-state index contributed by atoms with van der Waals surface area (Å²) in [6.45, 7) is 2.46. The highest BCUT2D eigenvalue weighted by Crippen LogP contribution is 2.49. The van der Waals surface area contributed by atoms with E-state index in [1.165, 1.54) is 50.8 Å². The van der Waals surface area contributed by atoms with Crippen LogP contribution in [0.25, 0.3) is 0 Å². The fraction of sp³-hybridized carbons (Fsp3) is 0.643. The Hall–Kier alpha value is -0.890. The molecular weight excluding hydrogens is 196 g/mol. The summed E-state index contributed by atoms with van der Waals surface area (Å²) < 4.78 is 0. The van der Waals surface area contributed by atoms with Gasteiger partial charge in [0.2, 0.25) is 0 Å². The van der Waals surface area contributed by atoms with Gasteiger partial charge in [-0.25, -0.2) is 0 Å². The van der Waals surface area contributed by atoms with E-state index in [2.05, 4.69) is 28.6 Å². The first-order valence-corrected chi connectivity index (χ1v) is 6.49. The molecule has 1 aromatic heterocycles. The molecule has 0 bridgehead atoms. The molecule has 86 valence electrons. The van der Waals surface area contributed by atoms with Crippen LogP contribution in [-0.2, 0) is 0 Å². The predicted octanol–water partition coefficient (Wildman–Crippen LogP) is 2.72. The summed E-state index contributed by atoms with van der Waals surface area (Å²) in [7, 11) is 0. The van der Waals surface area contributed by atoms with E-state index in [1.807, 2.05) is 6.20 Å². The Morgan fingerprint density at radius 1 is 1.38 bits per heavy atom. The van der Waals surface area contributed by atoms with Crippen molar-refractivity contribution in [2.45, 2.75) is 38.0 Å². The number of piperidine rings is 1. The number of pyridine rings is 1. The highest BCUT2D eigenvalue weighted by molar-refractivity contribution is 5.17. The lowest BCUT2D eigenvalue weighted by Crippen LogP contribution is -2.38. The lowest BCUT2D eigenvalue weighted by Gasteiger charge is -2.34. The van der Waals surface area contributed by atoms with Gasteiger partial charge in [-0.15, -0.1) is 0 Å². The predicted molar refractivity (Wildman–Crippen MR) is 65.4 cm³/mol. The molecule has 2 nitrogen and oxygen atoms in total.